The second-order valence-electron chi connectivity index (χ2n) is 3.87. The van der Waals surface area contributed by atoms with Crippen molar-refractivity contribution in [2.24, 2.45) is 5.73 Å². The first kappa shape index (κ1) is 8.97. The van der Waals surface area contributed by atoms with Crippen LogP contribution in [0, 0.1) is 0 Å². The standard InChI is InChI=1S/C11H12N2O/c1-8-5-10-4-3-9(11(12)14)7-13(10,2)6-8/h3-7H,1-2H3,(H-,12,14)/p+1. The number of rotatable bonds is 1. The molecule has 2 heterocycles. The zero-order chi connectivity index (χ0) is 10.3. The molecule has 0 aliphatic carbocycles. The molecule has 3 heteroatoms. The van der Waals surface area contributed by atoms with Gasteiger partial charge in [0.05, 0.1) is 12.6 Å². The molecule has 1 amide bonds. The number of primary amides is 1. The van der Waals surface area contributed by atoms with Gasteiger partial charge in [0.25, 0.3) is 5.91 Å². The second kappa shape index (κ2) is 2.69. The van der Waals surface area contributed by atoms with E-state index < -0.39 is 0 Å². The summed E-state index contributed by atoms with van der Waals surface area (Å²) < 4.78 is 0.542. The lowest BCUT2D eigenvalue weighted by Gasteiger charge is -2.26. The van der Waals surface area contributed by atoms with Gasteiger partial charge < -0.3 is 5.73 Å². The lowest BCUT2D eigenvalue weighted by molar-refractivity contribution is -0.760. The van der Waals surface area contributed by atoms with E-state index >= 15 is 0 Å². The zero-order valence-corrected chi connectivity index (χ0v) is 8.32. The third kappa shape index (κ3) is 1.22. The van der Waals surface area contributed by atoms with Gasteiger partial charge in [-0.25, -0.2) is 4.48 Å². The molecule has 72 valence electrons. The van der Waals surface area contributed by atoms with Crippen LogP contribution in [0.5, 0.6) is 0 Å². The van der Waals surface area contributed by atoms with Gasteiger partial charge in [-0.2, -0.15) is 0 Å². The van der Waals surface area contributed by atoms with Crippen molar-refractivity contribution in [2.75, 3.05) is 7.05 Å². The predicted molar refractivity (Wildman–Crippen MR) is 54.4 cm³/mol. The van der Waals surface area contributed by atoms with Crippen LogP contribution in [-0.2, 0) is 4.79 Å². The molecule has 14 heavy (non-hydrogen) atoms. The highest BCUT2D eigenvalue weighted by molar-refractivity contribution is 5.94. The van der Waals surface area contributed by atoms with E-state index in [9.17, 15) is 4.79 Å². The average Bonchev–Trinajstić information content (AvgIpc) is 2.37. The Kier molecular flexibility index (Phi) is 1.72. The van der Waals surface area contributed by atoms with Crippen LogP contribution in [0.2, 0.25) is 0 Å². The molecule has 2 aliphatic heterocycles. The monoisotopic (exact) mass is 189 g/mol. The lowest BCUT2D eigenvalue weighted by atomic mass is 10.1. The Morgan fingerprint density at radius 1 is 1.36 bits per heavy atom. The molecule has 0 aromatic heterocycles. The molecule has 1 unspecified atom stereocenters. The highest BCUT2D eigenvalue weighted by Crippen LogP contribution is 2.31. The minimum absolute atomic E-state index is 0.377. The SMILES string of the molecule is CC1=C[N+]2(C)C=C(C(N)=O)C=CC2=C1. The van der Waals surface area contributed by atoms with E-state index in [2.05, 4.69) is 12.3 Å². The molecule has 2 N–H and O–H groups in total. The highest BCUT2D eigenvalue weighted by Gasteiger charge is 2.31. The number of nitrogens with zero attached hydrogens (tertiary/aromatic N) is 1. The number of allylic oxidation sites excluding steroid dienone is 3. The van der Waals surface area contributed by atoms with E-state index in [1.807, 2.05) is 26.2 Å². The molecule has 0 aromatic rings. The number of carbonyl (C=O) groups excluding carboxylic acids is 1. The van der Waals surface area contributed by atoms with E-state index in [4.69, 9.17) is 5.73 Å². The first-order valence-electron chi connectivity index (χ1n) is 4.50. The summed E-state index contributed by atoms with van der Waals surface area (Å²) in [6, 6.07) is 0. The van der Waals surface area contributed by atoms with Crippen LogP contribution in [0.15, 0.2) is 47.5 Å². The fourth-order valence-electron chi connectivity index (χ4n) is 1.88. The number of nitrogens with two attached hydrogens (primary N) is 1. The van der Waals surface area contributed by atoms with Crippen LogP contribution in [0.3, 0.4) is 0 Å². The lowest BCUT2D eigenvalue weighted by Crippen LogP contribution is -2.32. The maximum atomic E-state index is 11.0. The molecular formula is C11H13N2O+. The summed E-state index contributed by atoms with van der Waals surface area (Å²) in [5.41, 5.74) is 8.16. The predicted octanol–water partition coefficient (Wildman–Crippen LogP) is 1.17. The van der Waals surface area contributed by atoms with Crippen LogP contribution in [0.4, 0.5) is 0 Å². The molecule has 0 saturated heterocycles. The Hall–Kier alpha value is -1.61. The summed E-state index contributed by atoms with van der Waals surface area (Å²) in [7, 11) is 2.02. The van der Waals surface area contributed by atoms with Gasteiger partial charge in [0.1, 0.15) is 18.1 Å². The van der Waals surface area contributed by atoms with Gasteiger partial charge in [0.15, 0.2) is 0 Å². The molecule has 0 saturated carbocycles. The Bertz CT molecular complexity index is 427. The summed E-state index contributed by atoms with van der Waals surface area (Å²) in [6.07, 6.45) is 9.75. The van der Waals surface area contributed by atoms with Gasteiger partial charge in [-0.15, -0.1) is 0 Å². The van der Waals surface area contributed by atoms with Crippen molar-refractivity contribution in [3.8, 4) is 0 Å². The smallest absolute Gasteiger partial charge is 0.254 e. The number of likely N-dealkylation sites (N-methyl/N-ethyl adjacent to an activating group) is 1. The van der Waals surface area contributed by atoms with Crippen molar-refractivity contribution < 1.29 is 9.28 Å². The molecule has 0 aromatic carbocycles. The first-order chi connectivity index (χ1) is 6.51. The van der Waals surface area contributed by atoms with Gasteiger partial charge in [-0.05, 0) is 13.0 Å². The van der Waals surface area contributed by atoms with E-state index in [0.717, 1.165) is 5.70 Å². The Morgan fingerprint density at radius 2 is 2.07 bits per heavy atom. The molecule has 0 spiro atoms. The third-order valence-electron chi connectivity index (χ3n) is 2.53. The van der Waals surface area contributed by atoms with Crippen molar-refractivity contribution in [1.82, 2.24) is 0 Å². The Balaban J connectivity index is 2.48. The van der Waals surface area contributed by atoms with Crippen LogP contribution in [0.1, 0.15) is 6.92 Å². The fourth-order valence-corrected chi connectivity index (χ4v) is 1.88. The first-order valence-corrected chi connectivity index (χ1v) is 4.50. The van der Waals surface area contributed by atoms with Gasteiger partial charge in [-0.3, -0.25) is 4.79 Å². The van der Waals surface area contributed by atoms with Crippen LogP contribution in [-0.4, -0.2) is 17.4 Å². The molecule has 2 aliphatic rings. The molecular weight excluding hydrogens is 176 g/mol. The second-order valence-corrected chi connectivity index (χ2v) is 3.87. The number of hydrogen-bond donors (Lipinski definition) is 1. The molecule has 3 nitrogen and oxygen atoms in total. The molecule has 2 rings (SSSR count). The zero-order valence-electron chi connectivity index (χ0n) is 8.32. The molecule has 0 bridgehead atoms. The highest BCUT2D eigenvalue weighted by atomic mass is 16.1. The number of fused-ring (bicyclic) bond motifs is 1. The topological polar surface area (TPSA) is 43.1 Å². The van der Waals surface area contributed by atoms with Crippen molar-refractivity contribution in [1.29, 1.82) is 0 Å². The van der Waals surface area contributed by atoms with E-state index in [0.29, 0.717) is 10.1 Å². The van der Waals surface area contributed by atoms with E-state index in [1.165, 1.54) is 5.57 Å². The normalized spacial score (nSPS) is 29.1. The van der Waals surface area contributed by atoms with Crippen molar-refractivity contribution in [2.45, 2.75) is 6.92 Å². The Morgan fingerprint density at radius 3 is 2.71 bits per heavy atom. The van der Waals surface area contributed by atoms with Gasteiger partial charge in [-0.1, -0.05) is 0 Å². The largest absolute Gasteiger partial charge is 0.365 e. The van der Waals surface area contributed by atoms with Gasteiger partial charge >= 0.3 is 0 Å². The van der Waals surface area contributed by atoms with E-state index in [1.54, 1.807) is 6.08 Å². The fraction of sp³-hybridized carbons (Fsp3) is 0.182. The number of quaternary nitrogens is 1. The third-order valence-corrected chi connectivity index (χ3v) is 2.53. The summed E-state index contributed by atoms with van der Waals surface area (Å²) in [5, 5.41) is 0. The van der Waals surface area contributed by atoms with Crippen molar-refractivity contribution in [3.63, 3.8) is 0 Å². The molecule has 1 atom stereocenters. The average molecular weight is 189 g/mol. The minimum Gasteiger partial charge on any atom is -0.365 e. The summed E-state index contributed by atoms with van der Waals surface area (Å²) in [5.74, 6) is -0.377. The maximum Gasteiger partial charge on any atom is 0.254 e. The minimum atomic E-state index is -0.377. The quantitative estimate of drug-likeness (QED) is 0.618. The van der Waals surface area contributed by atoms with Crippen LogP contribution in [0.25, 0.3) is 0 Å². The number of amides is 1. The number of hydrogen-bond acceptors (Lipinski definition) is 1. The van der Waals surface area contributed by atoms with Crippen molar-refractivity contribution >= 4 is 5.91 Å². The van der Waals surface area contributed by atoms with Gasteiger partial charge in [0.2, 0.25) is 0 Å². The molecule has 0 radical (unpaired) electrons. The summed E-state index contributed by atoms with van der Waals surface area (Å²) in [4.78, 5) is 11.0. The van der Waals surface area contributed by atoms with E-state index in [-0.39, 0.29) is 5.91 Å². The summed E-state index contributed by atoms with van der Waals surface area (Å²) >= 11 is 0. The number of carbonyl (C=O) groups is 1. The molecule has 0 fully saturated rings. The van der Waals surface area contributed by atoms with Crippen LogP contribution < -0.4 is 5.73 Å². The van der Waals surface area contributed by atoms with Crippen LogP contribution >= 0.6 is 0 Å². The van der Waals surface area contributed by atoms with Gasteiger partial charge in [0, 0.05) is 17.7 Å². The summed E-state index contributed by atoms with van der Waals surface area (Å²) in [6.45, 7) is 2.04. The Labute approximate surface area is 83.1 Å². The maximum absolute atomic E-state index is 11.0. The van der Waals surface area contributed by atoms with Crippen molar-refractivity contribution in [3.05, 3.63) is 47.5 Å².